The van der Waals surface area contributed by atoms with Gasteiger partial charge < -0.3 is 5.21 Å². The smallest absolute Gasteiger partial charge is 0.302 e. The van der Waals surface area contributed by atoms with Gasteiger partial charge in [0.15, 0.2) is 0 Å². The fourth-order valence-electron chi connectivity index (χ4n) is 1.75. The van der Waals surface area contributed by atoms with Crippen molar-refractivity contribution in [2.24, 2.45) is 0 Å². The number of carbonyl (C=O) groups is 1. The van der Waals surface area contributed by atoms with E-state index < -0.39 is 32.8 Å². The minimum Gasteiger partial charge on any atom is -0.302 e. The van der Waals surface area contributed by atoms with Crippen LogP contribution in [0.4, 0.5) is 13.2 Å². The molecule has 0 aliphatic carbocycles. The Morgan fingerprint density at radius 3 is 2.48 bits per heavy atom. The second-order valence-corrected chi connectivity index (χ2v) is 5.60. The SMILES string of the molecule is CC(=O)n1c(S(=O)(=O)NO)nc2ccc(C(F)(F)F)cc21. The Hall–Kier alpha value is -1.98. The van der Waals surface area contributed by atoms with Gasteiger partial charge in [-0.05, 0) is 18.2 Å². The largest absolute Gasteiger partial charge is 0.416 e. The number of sulfonamides is 1. The van der Waals surface area contributed by atoms with Gasteiger partial charge in [-0.2, -0.15) is 13.2 Å². The summed E-state index contributed by atoms with van der Waals surface area (Å²) in [7, 11) is -4.53. The van der Waals surface area contributed by atoms with Crippen LogP contribution >= 0.6 is 0 Å². The lowest BCUT2D eigenvalue weighted by atomic mass is 10.2. The number of alkyl halides is 3. The molecule has 0 spiro atoms. The molecular weight excluding hydrogens is 315 g/mol. The Morgan fingerprint density at radius 1 is 1.38 bits per heavy atom. The van der Waals surface area contributed by atoms with Crippen molar-refractivity contribution in [2.45, 2.75) is 18.3 Å². The molecule has 0 saturated carbocycles. The average molecular weight is 323 g/mol. The predicted octanol–water partition coefficient (Wildman–Crippen LogP) is 1.38. The van der Waals surface area contributed by atoms with Crippen LogP contribution in [0.25, 0.3) is 11.0 Å². The van der Waals surface area contributed by atoms with Gasteiger partial charge in [0.25, 0.3) is 15.2 Å². The molecule has 2 N–H and O–H groups in total. The number of nitrogens with one attached hydrogen (secondary N) is 1. The summed E-state index contributed by atoms with van der Waals surface area (Å²) in [6, 6.07) is 2.26. The number of nitrogens with zero attached hydrogens (tertiary/aromatic N) is 2. The molecule has 2 aromatic rings. The number of benzene rings is 1. The summed E-state index contributed by atoms with van der Waals surface area (Å²) < 4.78 is 61.6. The molecule has 0 unspecified atom stereocenters. The topological polar surface area (TPSA) is 101 Å². The van der Waals surface area contributed by atoms with E-state index in [0.29, 0.717) is 16.7 Å². The van der Waals surface area contributed by atoms with Gasteiger partial charge in [0.1, 0.15) is 0 Å². The molecule has 7 nitrogen and oxygen atoms in total. The first-order chi connectivity index (χ1) is 9.58. The highest BCUT2D eigenvalue weighted by Crippen LogP contribution is 2.32. The summed E-state index contributed by atoms with van der Waals surface area (Å²) in [4.78, 5) is 16.1. The molecule has 0 bridgehead atoms. The van der Waals surface area contributed by atoms with Gasteiger partial charge in [-0.25, -0.2) is 13.4 Å². The summed E-state index contributed by atoms with van der Waals surface area (Å²) >= 11 is 0. The summed E-state index contributed by atoms with van der Waals surface area (Å²) in [6.45, 7) is 0.956. The van der Waals surface area contributed by atoms with Crippen LogP contribution in [-0.4, -0.2) is 29.1 Å². The monoisotopic (exact) mass is 323 g/mol. The lowest BCUT2D eigenvalue weighted by molar-refractivity contribution is -0.137. The van der Waals surface area contributed by atoms with Crippen LogP contribution in [0, 0.1) is 0 Å². The van der Waals surface area contributed by atoms with Crippen molar-refractivity contribution in [1.82, 2.24) is 14.4 Å². The lowest BCUT2D eigenvalue weighted by Gasteiger charge is -2.07. The van der Waals surface area contributed by atoms with E-state index in [2.05, 4.69) is 4.98 Å². The number of halogens is 3. The fourth-order valence-corrected chi connectivity index (χ4v) is 2.52. The summed E-state index contributed by atoms with van der Waals surface area (Å²) in [6.07, 6.45) is -4.66. The van der Waals surface area contributed by atoms with Crippen LogP contribution in [0.2, 0.25) is 0 Å². The molecule has 2 rings (SSSR count). The second-order valence-electron chi connectivity index (χ2n) is 4.04. The van der Waals surface area contributed by atoms with Crippen LogP contribution in [0.3, 0.4) is 0 Å². The lowest BCUT2D eigenvalue weighted by Crippen LogP contribution is -2.25. The van der Waals surface area contributed by atoms with E-state index in [4.69, 9.17) is 5.21 Å². The van der Waals surface area contributed by atoms with E-state index in [0.717, 1.165) is 17.9 Å². The van der Waals surface area contributed by atoms with Crippen LogP contribution in [0.15, 0.2) is 23.4 Å². The number of imidazole rings is 1. The number of hydrogen-bond acceptors (Lipinski definition) is 5. The highest BCUT2D eigenvalue weighted by molar-refractivity contribution is 7.89. The minimum absolute atomic E-state index is 0.132. The molecule has 0 saturated heterocycles. The number of fused-ring (bicyclic) bond motifs is 1. The summed E-state index contributed by atoms with van der Waals surface area (Å²) in [5, 5.41) is 7.68. The van der Waals surface area contributed by atoms with Gasteiger partial charge in [0, 0.05) is 6.92 Å². The second kappa shape index (κ2) is 4.79. The molecule has 0 amide bonds. The molecule has 1 aromatic heterocycles. The van der Waals surface area contributed by atoms with Crippen molar-refractivity contribution in [3.63, 3.8) is 0 Å². The van der Waals surface area contributed by atoms with E-state index in [9.17, 15) is 26.4 Å². The van der Waals surface area contributed by atoms with Gasteiger partial charge >= 0.3 is 6.18 Å². The number of carbonyl (C=O) groups excluding carboxylic acids is 1. The third-order valence-corrected chi connectivity index (χ3v) is 3.62. The van der Waals surface area contributed by atoms with Crippen LogP contribution in [-0.2, 0) is 16.2 Å². The molecule has 21 heavy (non-hydrogen) atoms. The standard InChI is InChI=1S/C10H8F3N3O4S/c1-5(17)16-8-4-6(10(11,12)13)2-3-7(8)14-9(16)21(19,20)15-18/h2-4,15,18H,1H3. The fraction of sp³-hybridized carbons (Fsp3) is 0.200. The van der Waals surface area contributed by atoms with Gasteiger partial charge in [-0.3, -0.25) is 9.36 Å². The van der Waals surface area contributed by atoms with Crippen molar-refractivity contribution in [3.8, 4) is 0 Å². The van der Waals surface area contributed by atoms with Gasteiger partial charge in [-0.1, -0.05) is 4.89 Å². The number of rotatable bonds is 2. The van der Waals surface area contributed by atoms with Crippen LogP contribution in [0.1, 0.15) is 17.3 Å². The van der Waals surface area contributed by atoms with Gasteiger partial charge in [0.2, 0.25) is 5.91 Å². The highest BCUT2D eigenvalue weighted by atomic mass is 32.2. The molecule has 1 heterocycles. The molecule has 0 fully saturated rings. The molecule has 0 atom stereocenters. The Morgan fingerprint density at radius 2 is 2.00 bits per heavy atom. The van der Waals surface area contributed by atoms with Gasteiger partial charge in [0.05, 0.1) is 16.6 Å². The average Bonchev–Trinajstić information content (AvgIpc) is 2.76. The van der Waals surface area contributed by atoms with E-state index >= 15 is 0 Å². The van der Waals surface area contributed by atoms with Crippen LogP contribution < -0.4 is 4.89 Å². The third-order valence-electron chi connectivity index (χ3n) is 2.63. The molecule has 0 aliphatic heterocycles. The normalized spacial score (nSPS) is 12.8. The van der Waals surface area contributed by atoms with E-state index in [1.54, 1.807) is 0 Å². The quantitative estimate of drug-likeness (QED) is 0.813. The van der Waals surface area contributed by atoms with Crippen molar-refractivity contribution >= 4 is 27.0 Å². The van der Waals surface area contributed by atoms with Crippen LogP contribution in [0.5, 0.6) is 0 Å². The van der Waals surface area contributed by atoms with Gasteiger partial charge in [-0.15, -0.1) is 0 Å². The molecule has 0 radical (unpaired) electrons. The Balaban J connectivity index is 2.86. The number of aromatic nitrogens is 2. The zero-order chi connectivity index (χ0) is 16.0. The maximum absolute atomic E-state index is 12.7. The molecule has 0 aliphatic rings. The van der Waals surface area contributed by atoms with Crippen molar-refractivity contribution in [1.29, 1.82) is 0 Å². The first kappa shape index (κ1) is 15.4. The van der Waals surface area contributed by atoms with E-state index in [-0.39, 0.29) is 11.0 Å². The maximum Gasteiger partial charge on any atom is 0.416 e. The summed E-state index contributed by atoms with van der Waals surface area (Å²) in [5.74, 6) is -0.870. The van der Waals surface area contributed by atoms with E-state index in [1.807, 2.05) is 0 Å². The third kappa shape index (κ3) is 2.62. The van der Waals surface area contributed by atoms with Crippen molar-refractivity contribution in [3.05, 3.63) is 23.8 Å². The first-order valence-corrected chi connectivity index (χ1v) is 6.83. The number of hydrogen-bond donors (Lipinski definition) is 2. The molecule has 11 heteroatoms. The Kier molecular flexibility index (Phi) is 3.51. The van der Waals surface area contributed by atoms with Crippen molar-refractivity contribution in [2.75, 3.05) is 0 Å². The van der Waals surface area contributed by atoms with E-state index in [1.165, 1.54) is 0 Å². The zero-order valence-corrected chi connectivity index (χ0v) is 11.2. The van der Waals surface area contributed by atoms with Crippen molar-refractivity contribution < 1.29 is 31.6 Å². The maximum atomic E-state index is 12.7. The first-order valence-electron chi connectivity index (χ1n) is 5.34. The predicted molar refractivity (Wildman–Crippen MR) is 63.1 cm³/mol. The Labute approximate surface area is 116 Å². The minimum atomic E-state index is -4.66. The Bertz CT molecular complexity index is 826. The zero-order valence-electron chi connectivity index (χ0n) is 10.3. The molecule has 114 valence electrons. The molecule has 1 aromatic carbocycles. The summed E-state index contributed by atoms with van der Waals surface area (Å²) in [5.41, 5.74) is -1.52. The molecular formula is C10H8F3N3O4S. The highest BCUT2D eigenvalue weighted by Gasteiger charge is 2.32.